The van der Waals surface area contributed by atoms with Crippen LogP contribution in [-0.2, 0) is 17.8 Å². The molecule has 0 saturated heterocycles. The van der Waals surface area contributed by atoms with Crippen LogP contribution >= 0.6 is 0 Å². The Labute approximate surface area is 115 Å². The smallest absolute Gasteiger partial charge is 0.335 e. The number of nitrogens with zero attached hydrogens (tertiary/aromatic N) is 1. The number of hydrogen-bond acceptors (Lipinski definition) is 4. The van der Waals surface area contributed by atoms with Crippen LogP contribution in [0.2, 0.25) is 0 Å². The number of hydrogen-bond donors (Lipinski definition) is 3. The summed E-state index contributed by atoms with van der Waals surface area (Å²) in [6, 6.07) is 4.13. The van der Waals surface area contributed by atoms with Crippen LogP contribution in [0.4, 0.5) is 4.79 Å². The molecule has 0 fully saturated rings. The second-order valence-corrected chi connectivity index (χ2v) is 4.66. The first-order valence-corrected chi connectivity index (χ1v) is 6.12. The second kappa shape index (κ2) is 5.70. The molecule has 4 N–H and O–H groups in total. The molecule has 0 aliphatic carbocycles. The van der Waals surface area contributed by atoms with E-state index in [0.29, 0.717) is 13.1 Å². The predicted octanol–water partition coefficient (Wildman–Crippen LogP) is -0.0622. The van der Waals surface area contributed by atoms with Crippen LogP contribution < -0.4 is 11.1 Å². The van der Waals surface area contributed by atoms with E-state index in [-0.39, 0.29) is 12.1 Å². The zero-order valence-electron chi connectivity index (χ0n) is 10.8. The number of benzene rings is 1. The minimum atomic E-state index is -0.976. The number of urea groups is 1. The summed E-state index contributed by atoms with van der Waals surface area (Å²) in [5.41, 5.74) is 7.08. The van der Waals surface area contributed by atoms with Crippen molar-refractivity contribution in [3.05, 3.63) is 34.9 Å². The molecule has 0 radical (unpaired) electrons. The highest BCUT2D eigenvalue weighted by Gasteiger charge is 2.20. The van der Waals surface area contributed by atoms with Gasteiger partial charge in [0.25, 0.3) is 0 Å². The third kappa shape index (κ3) is 3.33. The molecular formula is C13H15N3O4. The molecule has 1 heterocycles. The van der Waals surface area contributed by atoms with Gasteiger partial charge in [0.05, 0.1) is 12.1 Å². The fourth-order valence-electron chi connectivity index (χ4n) is 2.26. The Morgan fingerprint density at radius 3 is 2.70 bits per heavy atom. The molecule has 0 aromatic heterocycles. The molecule has 106 valence electrons. The second-order valence-electron chi connectivity index (χ2n) is 4.66. The van der Waals surface area contributed by atoms with E-state index in [9.17, 15) is 14.4 Å². The predicted molar refractivity (Wildman–Crippen MR) is 70.1 cm³/mol. The standard InChI is InChI=1S/C13H15N3O4/c14-13(20)15-11(17)7-16-4-3-8-1-2-9(12(18)19)5-10(8)6-16/h1-2,5H,3-4,6-7H2,(H,18,19)(H3,14,15,17,20). The number of fused-ring (bicyclic) bond motifs is 1. The quantitative estimate of drug-likeness (QED) is 0.716. The fourth-order valence-corrected chi connectivity index (χ4v) is 2.26. The Hall–Kier alpha value is -2.41. The van der Waals surface area contributed by atoms with Crippen molar-refractivity contribution in [2.24, 2.45) is 5.73 Å². The van der Waals surface area contributed by atoms with E-state index < -0.39 is 17.9 Å². The van der Waals surface area contributed by atoms with Crippen molar-refractivity contribution in [1.29, 1.82) is 0 Å². The van der Waals surface area contributed by atoms with Gasteiger partial charge in [0, 0.05) is 13.1 Å². The van der Waals surface area contributed by atoms with E-state index in [0.717, 1.165) is 17.5 Å². The number of carbonyl (C=O) groups excluding carboxylic acids is 2. The molecule has 7 heteroatoms. The Kier molecular flexibility index (Phi) is 3.99. The average Bonchev–Trinajstić information content (AvgIpc) is 2.36. The van der Waals surface area contributed by atoms with Crippen LogP contribution in [0.25, 0.3) is 0 Å². The van der Waals surface area contributed by atoms with E-state index >= 15 is 0 Å². The summed E-state index contributed by atoms with van der Waals surface area (Å²) in [4.78, 5) is 34.8. The van der Waals surface area contributed by atoms with Gasteiger partial charge in [0.1, 0.15) is 0 Å². The SMILES string of the molecule is NC(=O)NC(=O)CN1CCc2ccc(C(=O)O)cc2C1. The first-order chi connectivity index (χ1) is 9.45. The first kappa shape index (κ1) is 14.0. The van der Waals surface area contributed by atoms with Gasteiger partial charge in [-0.25, -0.2) is 9.59 Å². The van der Waals surface area contributed by atoms with Crippen molar-refractivity contribution in [3.8, 4) is 0 Å². The molecule has 0 bridgehead atoms. The molecule has 7 nitrogen and oxygen atoms in total. The lowest BCUT2D eigenvalue weighted by atomic mass is 9.97. The van der Waals surface area contributed by atoms with Crippen LogP contribution in [0.15, 0.2) is 18.2 Å². The van der Waals surface area contributed by atoms with Crippen LogP contribution in [0.5, 0.6) is 0 Å². The first-order valence-electron chi connectivity index (χ1n) is 6.12. The van der Waals surface area contributed by atoms with Crippen LogP contribution in [-0.4, -0.2) is 41.0 Å². The third-order valence-electron chi connectivity index (χ3n) is 3.17. The van der Waals surface area contributed by atoms with Gasteiger partial charge in [-0.3, -0.25) is 15.0 Å². The van der Waals surface area contributed by atoms with Gasteiger partial charge in [-0.15, -0.1) is 0 Å². The Balaban J connectivity index is 2.06. The molecule has 2 rings (SSSR count). The molecule has 0 atom stereocenters. The van der Waals surface area contributed by atoms with Gasteiger partial charge >= 0.3 is 12.0 Å². The van der Waals surface area contributed by atoms with Crippen molar-refractivity contribution in [3.63, 3.8) is 0 Å². The summed E-state index contributed by atoms with van der Waals surface area (Å²) in [5, 5.41) is 11.0. The van der Waals surface area contributed by atoms with E-state index in [1.165, 1.54) is 0 Å². The van der Waals surface area contributed by atoms with Gasteiger partial charge < -0.3 is 10.8 Å². The van der Waals surface area contributed by atoms with Crippen LogP contribution in [0.1, 0.15) is 21.5 Å². The zero-order valence-corrected chi connectivity index (χ0v) is 10.8. The molecule has 1 aliphatic heterocycles. The number of aromatic carboxylic acids is 1. The molecule has 1 aliphatic rings. The number of rotatable bonds is 3. The minimum Gasteiger partial charge on any atom is -0.478 e. The maximum atomic E-state index is 11.5. The highest BCUT2D eigenvalue weighted by atomic mass is 16.4. The van der Waals surface area contributed by atoms with E-state index in [1.54, 1.807) is 18.2 Å². The number of imide groups is 1. The molecule has 3 amide bonds. The summed E-state index contributed by atoms with van der Waals surface area (Å²) < 4.78 is 0. The summed E-state index contributed by atoms with van der Waals surface area (Å²) in [6.45, 7) is 1.20. The Bertz CT molecular complexity index is 571. The fraction of sp³-hybridized carbons (Fsp3) is 0.308. The molecular weight excluding hydrogens is 262 g/mol. The normalized spacial score (nSPS) is 14.4. The van der Waals surface area contributed by atoms with Crippen molar-refractivity contribution in [1.82, 2.24) is 10.2 Å². The largest absolute Gasteiger partial charge is 0.478 e. The number of carboxylic acids is 1. The van der Waals surface area contributed by atoms with Crippen molar-refractivity contribution in [2.75, 3.05) is 13.1 Å². The van der Waals surface area contributed by atoms with Crippen molar-refractivity contribution >= 4 is 17.9 Å². The van der Waals surface area contributed by atoms with E-state index in [4.69, 9.17) is 10.8 Å². The molecule has 0 saturated carbocycles. The highest BCUT2D eigenvalue weighted by molar-refractivity contribution is 5.94. The zero-order chi connectivity index (χ0) is 14.7. The number of nitrogens with one attached hydrogen (secondary N) is 1. The summed E-state index contributed by atoms with van der Waals surface area (Å²) in [5.74, 6) is -1.44. The monoisotopic (exact) mass is 277 g/mol. The van der Waals surface area contributed by atoms with Crippen LogP contribution in [0.3, 0.4) is 0 Å². The summed E-state index contributed by atoms with van der Waals surface area (Å²) in [7, 11) is 0. The van der Waals surface area contributed by atoms with Crippen molar-refractivity contribution < 1.29 is 19.5 Å². The summed E-state index contributed by atoms with van der Waals surface area (Å²) in [6.07, 6.45) is 0.735. The molecule has 1 aromatic carbocycles. The number of carbonyl (C=O) groups is 3. The topological polar surface area (TPSA) is 113 Å². The Morgan fingerprint density at radius 2 is 2.05 bits per heavy atom. The van der Waals surface area contributed by atoms with Gasteiger partial charge in [0.2, 0.25) is 5.91 Å². The van der Waals surface area contributed by atoms with Gasteiger partial charge in [0.15, 0.2) is 0 Å². The molecule has 20 heavy (non-hydrogen) atoms. The Morgan fingerprint density at radius 1 is 1.30 bits per heavy atom. The van der Waals surface area contributed by atoms with Gasteiger partial charge in [-0.05, 0) is 29.7 Å². The maximum Gasteiger partial charge on any atom is 0.335 e. The van der Waals surface area contributed by atoms with Gasteiger partial charge in [-0.2, -0.15) is 0 Å². The summed E-state index contributed by atoms with van der Waals surface area (Å²) >= 11 is 0. The van der Waals surface area contributed by atoms with E-state index in [2.05, 4.69) is 0 Å². The lowest BCUT2D eigenvalue weighted by Gasteiger charge is -2.28. The maximum absolute atomic E-state index is 11.5. The molecule has 1 aromatic rings. The minimum absolute atomic E-state index is 0.0552. The van der Waals surface area contributed by atoms with Gasteiger partial charge in [-0.1, -0.05) is 6.07 Å². The number of nitrogens with two attached hydrogens (primary N) is 1. The number of primary amides is 1. The average molecular weight is 277 g/mol. The lowest BCUT2D eigenvalue weighted by Crippen LogP contribution is -2.43. The number of carboxylic acid groups (broad SMARTS) is 1. The highest BCUT2D eigenvalue weighted by Crippen LogP contribution is 2.20. The molecule has 0 unspecified atom stereocenters. The van der Waals surface area contributed by atoms with Crippen LogP contribution in [0, 0.1) is 0 Å². The molecule has 0 spiro atoms. The number of amides is 3. The van der Waals surface area contributed by atoms with Crippen molar-refractivity contribution in [2.45, 2.75) is 13.0 Å². The van der Waals surface area contributed by atoms with E-state index in [1.807, 2.05) is 10.2 Å². The lowest BCUT2D eigenvalue weighted by molar-refractivity contribution is -0.121. The third-order valence-corrected chi connectivity index (χ3v) is 3.17.